The molecule has 5 nitrogen and oxygen atoms in total. The Bertz CT molecular complexity index is 627. The molecule has 1 aliphatic rings. The minimum atomic E-state index is 0.00239. The van der Waals surface area contributed by atoms with Gasteiger partial charge in [0.1, 0.15) is 0 Å². The van der Waals surface area contributed by atoms with Crippen LogP contribution in [-0.4, -0.2) is 16.9 Å². The summed E-state index contributed by atoms with van der Waals surface area (Å²) < 4.78 is 0. The number of carbonyl (C=O) groups excluding carboxylic acids is 2. The summed E-state index contributed by atoms with van der Waals surface area (Å²) in [5.41, 5.74) is 1.46. The van der Waals surface area contributed by atoms with Crippen molar-refractivity contribution in [3.63, 3.8) is 0 Å². The van der Waals surface area contributed by atoms with Gasteiger partial charge in [-0.15, -0.1) is 0 Å². The number of nitrogens with one attached hydrogen (secondary N) is 3. The Morgan fingerprint density at radius 1 is 1.08 bits per heavy atom. The second-order valence-corrected chi connectivity index (χ2v) is 7.27. The third-order valence-electron chi connectivity index (χ3n) is 4.62. The number of carbonyl (C=O) groups is 2. The van der Waals surface area contributed by atoms with Crippen molar-refractivity contribution >= 4 is 40.5 Å². The van der Waals surface area contributed by atoms with Gasteiger partial charge in [-0.25, -0.2) is 0 Å². The van der Waals surface area contributed by atoms with Crippen molar-refractivity contribution in [2.24, 2.45) is 5.92 Å². The van der Waals surface area contributed by atoms with Crippen LogP contribution in [0.15, 0.2) is 24.3 Å². The van der Waals surface area contributed by atoms with Gasteiger partial charge in [0.15, 0.2) is 5.11 Å². The molecular weight excluding hydrogens is 346 g/mol. The molecule has 2 amide bonds. The van der Waals surface area contributed by atoms with E-state index in [1.165, 1.54) is 6.42 Å². The summed E-state index contributed by atoms with van der Waals surface area (Å²) in [4.78, 5) is 24.2. The first kappa shape index (κ1) is 20.4. The number of rotatable bonds is 7. The summed E-state index contributed by atoms with van der Waals surface area (Å²) in [5.74, 6) is 0.0867. The van der Waals surface area contributed by atoms with Gasteiger partial charge in [0.05, 0.1) is 0 Å². The molecule has 142 valence electrons. The fourth-order valence-electron chi connectivity index (χ4n) is 3.17. The molecule has 0 aromatic heterocycles. The van der Waals surface area contributed by atoms with Gasteiger partial charge in [0, 0.05) is 23.7 Å². The van der Waals surface area contributed by atoms with Gasteiger partial charge >= 0.3 is 0 Å². The highest BCUT2D eigenvalue weighted by atomic mass is 32.1. The molecule has 26 heavy (non-hydrogen) atoms. The van der Waals surface area contributed by atoms with E-state index in [1.54, 1.807) is 0 Å². The molecule has 3 N–H and O–H groups in total. The molecule has 0 unspecified atom stereocenters. The van der Waals surface area contributed by atoms with Crippen LogP contribution in [0.3, 0.4) is 0 Å². The van der Waals surface area contributed by atoms with E-state index in [0.29, 0.717) is 11.5 Å². The van der Waals surface area contributed by atoms with Crippen molar-refractivity contribution in [3.8, 4) is 0 Å². The van der Waals surface area contributed by atoms with E-state index in [2.05, 4.69) is 22.9 Å². The Morgan fingerprint density at radius 2 is 1.77 bits per heavy atom. The van der Waals surface area contributed by atoms with Crippen LogP contribution in [0.1, 0.15) is 64.7 Å². The van der Waals surface area contributed by atoms with Gasteiger partial charge in [-0.05, 0) is 49.7 Å². The predicted octanol–water partition coefficient (Wildman–Crippen LogP) is 4.60. The summed E-state index contributed by atoms with van der Waals surface area (Å²) in [7, 11) is 0. The number of hydrogen-bond acceptors (Lipinski definition) is 3. The molecule has 1 fully saturated rings. The maximum absolute atomic E-state index is 12.2. The molecule has 0 radical (unpaired) electrons. The lowest BCUT2D eigenvalue weighted by Crippen LogP contribution is -2.39. The average Bonchev–Trinajstić information content (AvgIpc) is 2.63. The first-order chi connectivity index (χ1) is 12.6. The molecule has 6 heteroatoms. The zero-order chi connectivity index (χ0) is 18.8. The van der Waals surface area contributed by atoms with Gasteiger partial charge < -0.3 is 16.0 Å². The molecule has 2 rings (SSSR count). The van der Waals surface area contributed by atoms with Crippen molar-refractivity contribution in [1.82, 2.24) is 5.32 Å². The topological polar surface area (TPSA) is 70.2 Å². The third kappa shape index (κ3) is 7.12. The SMILES string of the molecule is CCCCCC(=O)Nc1cccc(NC(=S)NC(=O)C2CCCCC2)c1. The number of anilines is 2. The Labute approximate surface area is 161 Å². The fraction of sp³-hybridized carbons (Fsp3) is 0.550. The van der Waals surface area contributed by atoms with Gasteiger partial charge in [0.25, 0.3) is 0 Å². The number of amides is 2. The molecule has 1 aliphatic carbocycles. The average molecular weight is 376 g/mol. The van der Waals surface area contributed by atoms with Crippen molar-refractivity contribution < 1.29 is 9.59 Å². The van der Waals surface area contributed by atoms with Crippen LogP contribution in [0, 0.1) is 5.92 Å². The van der Waals surface area contributed by atoms with E-state index in [4.69, 9.17) is 12.2 Å². The van der Waals surface area contributed by atoms with Crippen molar-refractivity contribution in [1.29, 1.82) is 0 Å². The Morgan fingerprint density at radius 3 is 2.46 bits per heavy atom. The minimum absolute atomic E-state index is 0.00239. The zero-order valence-corrected chi connectivity index (χ0v) is 16.3. The second-order valence-electron chi connectivity index (χ2n) is 6.86. The molecule has 0 spiro atoms. The van der Waals surface area contributed by atoms with E-state index >= 15 is 0 Å². The van der Waals surface area contributed by atoms with E-state index in [9.17, 15) is 9.59 Å². The highest BCUT2D eigenvalue weighted by Crippen LogP contribution is 2.23. The Kier molecular flexibility index (Phi) is 8.54. The van der Waals surface area contributed by atoms with Crippen LogP contribution in [0.4, 0.5) is 11.4 Å². The molecule has 0 aliphatic heterocycles. The number of hydrogen-bond donors (Lipinski definition) is 3. The van der Waals surface area contributed by atoms with Crippen LogP contribution >= 0.6 is 12.2 Å². The monoisotopic (exact) mass is 375 g/mol. The summed E-state index contributed by atoms with van der Waals surface area (Å²) in [6.07, 6.45) is 8.89. The third-order valence-corrected chi connectivity index (χ3v) is 4.83. The lowest BCUT2D eigenvalue weighted by atomic mass is 9.89. The summed E-state index contributed by atoms with van der Waals surface area (Å²) in [5, 5.41) is 9.01. The van der Waals surface area contributed by atoms with Gasteiger partial charge in [-0.1, -0.05) is 45.1 Å². The molecule has 1 aromatic carbocycles. The molecular formula is C20H29N3O2S. The highest BCUT2D eigenvalue weighted by Gasteiger charge is 2.21. The maximum Gasteiger partial charge on any atom is 0.229 e. The van der Waals surface area contributed by atoms with E-state index in [0.717, 1.165) is 56.3 Å². The van der Waals surface area contributed by atoms with Gasteiger partial charge in [-0.2, -0.15) is 0 Å². The van der Waals surface area contributed by atoms with E-state index < -0.39 is 0 Å². The number of thiocarbonyl (C=S) groups is 1. The lowest BCUT2D eigenvalue weighted by molar-refractivity contribution is -0.124. The van der Waals surface area contributed by atoms with Crippen LogP contribution in [0.2, 0.25) is 0 Å². The first-order valence-corrected chi connectivity index (χ1v) is 10.0. The van der Waals surface area contributed by atoms with Crippen LogP contribution in [0.25, 0.3) is 0 Å². The van der Waals surface area contributed by atoms with E-state index in [1.807, 2.05) is 24.3 Å². The molecule has 0 bridgehead atoms. The van der Waals surface area contributed by atoms with Crippen LogP contribution in [-0.2, 0) is 9.59 Å². The van der Waals surface area contributed by atoms with Crippen LogP contribution < -0.4 is 16.0 Å². The zero-order valence-electron chi connectivity index (χ0n) is 15.5. The number of unbranched alkanes of at least 4 members (excludes halogenated alkanes) is 2. The molecule has 0 atom stereocenters. The first-order valence-electron chi connectivity index (χ1n) is 9.60. The lowest BCUT2D eigenvalue weighted by Gasteiger charge is -2.21. The quantitative estimate of drug-likeness (QED) is 0.481. The predicted molar refractivity (Wildman–Crippen MR) is 110 cm³/mol. The fourth-order valence-corrected chi connectivity index (χ4v) is 3.39. The van der Waals surface area contributed by atoms with Gasteiger partial charge in [-0.3, -0.25) is 9.59 Å². The minimum Gasteiger partial charge on any atom is -0.332 e. The number of benzene rings is 1. The van der Waals surface area contributed by atoms with Crippen molar-refractivity contribution in [2.75, 3.05) is 10.6 Å². The van der Waals surface area contributed by atoms with Gasteiger partial charge in [0.2, 0.25) is 11.8 Å². The second kappa shape index (κ2) is 10.9. The molecule has 0 saturated heterocycles. The highest BCUT2D eigenvalue weighted by molar-refractivity contribution is 7.80. The smallest absolute Gasteiger partial charge is 0.229 e. The summed E-state index contributed by atoms with van der Waals surface area (Å²) in [6, 6.07) is 7.35. The molecule has 0 heterocycles. The van der Waals surface area contributed by atoms with Crippen molar-refractivity contribution in [2.45, 2.75) is 64.7 Å². The Hall–Kier alpha value is -1.95. The molecule has 1 aromatic rings. The largest absolute Gasteiger partial charge is 0.332 e. The van der Waals surface area contributed by atoms with Crippen molar-refractivity contribution in [3.05, 3.63) is 24.3 Å². The summed E-state index contributed by atoms with van der Waals surface area (Å²) >= 11 is 5.25. The molecule has 1 saturated carbocycles. The maximum atomic E-state index is 12.2. The normalized spacial score (nSPS) is 14.5. The van der Waals surface area contributed by atoms with Crippen LogP contribution in [0.5, 0.6) is 0 Å². The van der Waals surface area contributed by atoms with E-state index in [-0.39, 0.29) is 17.7 Å². The Balaban J connectivity index is 1.82. The summed E-state index contributed by atoms with van der Waals surface area (Å²) in [6.45, 7) is 2.11. The standard InChI is InChI=1S/C20H29N3O2S/c1-2-3-5-13-18(24)21-16-11-8-12-17(14-16)22-20(26)23-19(25)15-9-6-4-7-10-15/h8,11-12,14-15H,2-7,9-10,13H2,1H3,(H,21,24)(H2,22,23,25,26).